The Bertz CT molecular complexity index is 653. The monoisotopic (exact) mass is 289 g/mol. The van der Waals surface area contributed by atoms with Crippen LogP contribution in [-0.4, -0.2) is 42.7 Å². The predicted molar refractivity (Wildman–Crippen MR) is 80.0 cm³/mol. The number of aromatic nitrogens is 3. The first kappa shape index (κ1) is 13.5. The van der Waals surface area contributed by atoms with Gasteiger partial charge in [0.1, 0.15) is 0 Å². The van der Waals surface area contributed by atoms with Crippen LogP contribution in [0.1, 0.15) is 5.56 Å². The molecule has 1 aliphatic rings. The Kier molecular flexibility index (Phi) is 3.32. The van der Waals surface area contributed by atoms with Gasteiger partial charge in [0, 0.05) is 34.7 Å². The van der Waals surface area contributed by atoms with Crippen LogP contribution in [-0.2, 0) is 13.6 Å². The Morgan fingerprint density at radius 2 is 1.81 bits per heavy atom. The minimum absolute atomic E-state index is 0.296. The van der Waals surface area contributed by atoms with Crippen molar-refractivity contribution in [2.45, 2.75) is 6.54 Å². The quantitative estimate of drug-likeness (QED) is 0.844. The largest absolute Gasteiger partial charge is 0.454 e. The molecular weight excluding hydrogens is 270 g/mol. The van der Waals surface area contributed by atoms with Crippen molar-refractivity contribution >= 4 is 11.9 Å². The lowest BCUT2D eigenvalue weighted by Crippen LogP contribution is -2.21. The molecule has 0 fully saturated rings. The number of fused-ring (bicyclic) bond motifs is 1. The van der Waals surface area contributed by atoms with Gasteiger partial charge in [-0.3, -0.25) is 4.57 Å². The van der Waals surface area contributed by atoms with E-state index in [-0.39, 0.29) is 0 Å². The Morgan fingerprint density at radius 1 is 1.10 bits per heavy atom. The average Bonchev–Trinajstić information content (AvgIpc) is 3.04. The summed E-state index contributed by atoms with van der Waals surface area (Å²) in [6, 6.07) is 5.97. The summed E-state index contributed by atoms with van der Waals surface area (Å²) in [6.07, 6.45) is 0. The number of benzene rings is 1. The van der Waals surface area contributed by atoms with E-state index in [1.165, 1.54) is 0 Å². The second kappa shape index (κ2) is 5.16. The van der Waals surface area contributed by atoms with Crippen molar-refractivity contribution < 1.29 is 9.47 Å². The van der Waals surface area contributed by atoms with Gasteiger partial charge in [-0.1, -0.05) is 6.07 Å². The first-order valence-corrected chi connectivity index (χ1v) is 6.72. The van der Waals surface area contributed by atoms with Gasteiger partial charge in [-0.05, 0) is 17.7 Å². The van der Waals surface area contributed by atoms with E-state index in [1.54, 1.807) is 0 Å². The molecule has 1 aliphatic heterocycles. The number of rotatable bonds is 4. The molecule has 1 aromatic heterocycles. The zero-order chi connectivity index (χ0) is 15.0. The van der Waals surface area contributed by atoms with Gasteiger partial charge in [-0.25, -0.2) is 0 Å². The summed E-state index contributed by atoms with van der Waals surface area (Å²) in [5.74, 6) is 3.24. The van der Waals surface area contributed by atoms with Crippen molar-refractivity contribution in [1.29, 1.82) is 0 Å². The van der Waals surface area contributed by atoms with Gasteiger partial charge < -0.3 is 19.3 Å². The highest BCUT2D eigenvalue weighted by atomic mass is 16.7. The molecular formula is C14H19N5O2. The molecule has 0 atom stereocenters. The van der Waals surface area contributed by atoms with Crippen molar-refractivity contribution in [2.75, 3.05) is 37.7 Å². The Hall–Kier alpha value is -2.44. The van der Waals surface area contributed by atoms with Crippen LogP contribution in [0.2, 0.25) is 0 Å². The van der Waals surface area contributed by atoms with Gasteiger partial charge in [0.15, 0.2) is 11.5 Å². The summed E-state index contributed by atoms with van der Waals surface area (Å²) in [7, 11) is 7.85. The SMILES string of the molecule is CN(C)c1nnc(N(C)Cc2ccc3c(c2)OCO3)n1C. The molecule has 2 aromatic rings. The average molecular weight is 289 g/mol. The van der Waals surface area contributed by atoms with Crippen LogP contribution in [0, 0.1) is 0 Å². The first-order valence-electron chi connectivity index (χ1n) is 6.72. The van der Waals surface area contributed by atoms with E-state index in [1.807, 2.05) is 55.9 Å². The highest BCUT2D eigenvalue weighted by Crippen LogP contribution is 2.33. The number of nitrogens with zero attached hydrogens (tertiary/aromatic N) is 5. The van der Waals surface area contributed by atoms with E-state index in [0.717, 1.165) is 35.5 Å². The van der Waals surface area contributed by atoms with Gasteiger partial charge in [0.05, 0.1) is 0 Å². The van der Waals surface area contributed by atoms with Crippen molar-refractivity contribution in [1.82, 2.24) is 14.8 Å². The molecule has 1 aromatic carbocycles. The van der Waals surface area contributed by atoms with E-state index in [4.69, 9.17) is 9.47 Å². The van der Waals surface area contributed by atoms with Gasteiger partial charge in [0.2, 0.25) is 18.7 Å². The molecule has 7 heteroatoms. The molecule has 0 bridgehead atoms. The van der Waals surface area contributed by atoms with Crippen LogP contribution in [0.5, 0.6) is 11.5 Å². The van der Waals surface area contributed by atoms with E-state index in [9.17, 15) is 0 Å². The zero-order valence-electron chi connectivity index (χ0n) is 12.7. The minimum atomic E-state index is 0.296. The molecule has 2 heterocycles. The van der Waals surface area contributed by atoms with E-state index in [2.05, 4.69) is 15.1 Å². The molecule has 0 spiro atoms. The Balaban J connectivity index is 1.78. The second-order valence-corrected chi connectivity index (χ2v) is 5.30. The molecule has 0 amide bonds. The lowest BCUT2D eigenvalue weighted by atomic mass is 10.2. The molecule has 7 nitrogen and oxygen atoms in total. The van der Waals surface area contributed by atoms with Crippen LogP contribution in [0.25, 0.3) is 0 Å². The Morgan fingerprint density at radius 3 is 2.52 bits per heavy atom. The standard InChI is InChI=1S/C14H19N5O2/c1-17(2)13-15-16-14(19(13)4)18(3)8-10-5-6-11-12(7-10)21-9-20-11/h5-7H,8-9H2,1-4H3. The fourth-order valence-electron chi connectivity index (χ4n) is 2.42. The minimum Gasteiger partial charge on any atom is -0.454 e. The molecule has 3 rings (SSSR count). The van der Waals surface area contributed by atoms with Gasteiger partial charge in [-0.15, -0.1) is 10.2 Å². The summed E-state index contributed by atoms with van der Waals surface area (Å²) in [5.41, 5.74) is 1.14. The summed E-state index contributed by atoms with van der Waals surface area (Å²) in [4.78, 5) is 3.99. The second-order valence-electron chi connectivity index (χ2n) is 5.30. The molecule has 0 saturated carbocycles. The van der Waals surface area contributed by atoms with Crippen LogP contribution >= 0.6 is 0 Å². The van der Waals surface area contributed by atoms with E-state index >= 15 is 0 Å². The fourth-order valence-corrected chi connectivity index (χ4v) is 2.42. The van der Waals surface area contributed by atoms with Crippen molar-refractivity contribution in [3.63, 3.8) is 0 Å². The predicted octanol–water partition coefficient (Wildman–Crippen LogP) is 1.25. The number of hydrogen-bond acceptors (Lipinski definition) is 6. The van der Waals surface area contributed by atoms with Crippen molar-refractivity contribution in [3.05, 3.63) is 23.8 Å². The number of ether oxygens (including phenoxy) is 2. The van der Waals surface area contributed by atoms with Crippen LogP contribution in [0.15, 0.2) is 18.2 Å². The summed E-state index contributed by atoms with van der Waals surface area (Å²) in [6.45, 7) is 1.01. The lowest BCUT2D eigenvalue weighted by molar-refractivity contribution is 0.174. The van der Waals surface area contributed by atoms with Crippen LogP contribution in [0.3, 0.4) is 0 Å². The summed E-state index contributed by atoms with van der Waals surface area (Å²) in [5, 5.41) is 8.44. The maximum Gasteiger partial charge on any atom is 0.231 e. The molecule has 0 N–H and O–H groups in total. The number of hydrogen-bond donors (Lipinski definition) is 0. The smallest absolute Gasteiger partial charge is 0.231 e. The third-order valence-electron chi connectivity index (χ3n) is 3.43. The van der Waals surface area contributed by atoms with E-state index < -0.39 is 0 Å². The lowest BCUT2D eigenvalue weighted by Gasteiger charge is -2.19. The highest BCUT2D eigenvalue weighted by Gasteiger charge is 2.17. The normalized spacial score (nSPS) is 12.6. The topological polar surface area (TPSA) is 55.7 Å². The van der Waals surface area contributed by atoms with Gasteiger partial charge >= 0.3 is 0 Å². The number of anilines is 2. The van der Waals surface area contributed by atoms with Gasteiger partial charge in [-0.2, -0.15) is 0 Å². The first-order chi connectivity index (χ1) is 10.1. The molecule has 0 aliphatic carbocycles. The molecule has 0 unspecified atom stereocenters. The summed E-state index contributed by atoms with van der Waals surface area (Å²) < 4.78 is 12.7. The third kappa shape index (κ3) is 2.46. The van der Waals surface area contributed by atoms with Crippen molar-refractivity contribution in [3.8, 4) is 11.5 Å². The molecule has 112 valence electrons. The maximum atomic E-state index is 5.41. The molecule has 0 radical (unpaired) electrons. The van der Waals surface area contributed by atoms with Crippen LogP contribution < -0.4 is 19.3 Å². The fraction of sp³-hybridized carbons (Fsp3) is 0.429. The van der Waals surface area contributed by atoms with Crippen LogP contribution in [0.4, 0.5) is 11.9 Å². The molecule has 0 saturated heterocycles. The van der Waals surface area contributed by atoms with Gasteiger partial charge in [0.25, 0.3) is 0 Å². The zero-order valence-corrected chi connectivity index (χ0v) is 12.7. The van der Waals surface area contributed by atoms with Crippen molar-refractivity contribution in [2.24, 2.45) is 7.05 Å². The molecule has 21 heavy (non-hydrogen) atoms. The van der Waals surface area contributed by atoms with E-state index in [0.29, 0.717) is 6.79 Å². The Labute approximate surface area is 123 Å². The maximum absolute atomic E-state index is 5.41. The summed E-state index contributed by atoms with van der Waals surface area (Å²) >= 11 is 0. The highest BCUT2D eigenvalue weighted by molar-refractivity contribution is 5.46. The third-order valence-corrected chi connectivity index (χ3v) is 3.43.